The fraction of sp³-hybridized carbons (Fsp3) is 0.385. The number of fused-ring (bicyclic) bond motifs is 1. The van der Waals surface area contributed by atoms with E-state index >= 15 is 0 Å². The van der Waals surface area contributed by atoms with E-state index in [0.717, 1.165) is 41.8 Å². The quantitative estimate of drug-likeness (QED) is 0.785. The maximum atomic E-state index is 8.59. The first kappa shape index (κ1) is 10.7. The Morgan fingerprint density at radius 3 is 3.00 bits per heavy atom. The van der Waals surface area contributed by atoms with Crippen molar-refractivity contribution in [1.82, 2.24) is 4.98 Å². The monoisotopic (exact) mass is 214 g/mol. The molecule has 0 aliphatic rings. The van der Waals surface area contributed by atoms with E-state index in [1.54, 1.807) is 0 Å². The van der Waals surface area contributed by atoms with Crippen LogP contribution in [0.1, 0.15) is 31.2 Å². The van der Waals surface area contributed by atoms with Gasteiger partial charge in [0.2, 0.25) is 0 Å². The maximum absolute atomic E-state index is 8.59. The summed E-state index contributed by atoms with van der Waals surface area (Å²) in [6.07, 6.45) is 3.14. The third-order valence-electron chi connectivity index (χ3n) is 2.51. The van der Waals surface area contributed by atoms with Crippen LogP contribution in [0.25, 0.3) is 11.1 Å². The molecule has 0 amide bonds. The molecule has 2 aromatic rings. The van der Waals surface area contributed by atoms with Crippen LogP contribution in [0.3, 0.4) is 0 Å². The van der Waals surface area contributed by atoms with Crippen LogP contribution in [0.4, 0.5) is 0 Å². The molecule has 0 saturated heterocycles. The molecule has 0 atom stereocenters. The predicted octanol–water partition coefficient (Wildman–Crippen LogP) is 3.24. The molecule has 1 heterocycles. The van der Waals surface area contributed by atoms with Crippen LogP contribution in [0.15, 0.2) is 22.6 Å². The Kier molecular flexibility index (Phi) is 3.21. The minimum atomic E-state index is 0.517. The van der Waals surface area contributed by atoms with Gasteiger partial charge in [-0.2, -0.15) is 5.26 Å². The van der Waals surface area contributed by atoms with Crippen LogP contribution in [-0.4, -0.2) is 4.98 Å². The summed E-state index contributed by atoms with van der Waals surface area (Å²) in [4.78, 5) is 4.42. The van der Waals surface area contributed by atoms with Crippen molar-refractivity contribution < 1.29 is 4.42 Å². The minimum absolute atomic E-state index is 0.517. The zero-order valence-corrected chi connectivity index (χ0v) is 9.36. The number of nitriles is 1. The van der Waals surface area contributed by atoms with E-state index in [2.05, 4.69) is 18.0 Å². The lowest BCUT2D eigenvalue weighted by Gasteiger charge is -1.96. The first-order valence-electron chi connectivity index (χ1n) is 5.59. The molecule has 0 saturated carbocycles. The Morgan fingerprint density at radius 1 is 1.38 bits per heavy atom. The molecular formula is C13H14N2O. The molecule has 3 nitrogen and oxygen atoms in total. The van der Waals surface area contributed by atoms with E-state index in [0.29, 0.717) is 6.42 Å². The average Bonchev–Trinajstić information content (AvgIpc) is 2.69. The Balaban J connectivity index is 2.38. The zero-order chi connectivity index (χ0) is 11.4. The number of benzene rings is 1. The lowest BCUT2D eigenvalue weighted by molar-refractivity contribution is 0.522. The molecule has 0 spiro atoms. The van der Waals surface area contributed by atoms with Gasteiger partial charge in [0.1, 0.15) is 5.52 Å². The summed E-state index contributed by atoms with van der Waals surface area (Å²) in [5.41, 5.74) is 2.83. The molecular weight excluding hydrogens is 200 g/mol. The zero-order valence-electron chi connectivity index (χ0n) is 9.36. The van der Waals surface area contributed by atoms with E-state index in [4.69, 9.17) is 9.68 Å². The largest absolute Gasteiger partial charge is 0.440 e. The van der Waals surface area contributed by atoms with Gasteiger partial charge in [-0.3, -0.25) is 0 Å². The molecule has 0 fully saturated rings. The van der Waals surface area contributed by atoms with Crippen molar-refractivity contribution in [2.24, 2.45) is 0 Å². The van der Waals surface area contributed by atoms with Gasteiger partial charge in [0, 0.05) is 12.8 Å². The van der Waals surface area contributed by atoms with Crippen LogP contribution in [0.2, 0.25) is 0 Å². The number of para-hydroxylation sites is 1. The van der Waals surface area contributed by atoms with Crippen LogP contribution in [0, 0.1) is 11.3 Å². The molecule has 3 heteroatoms. The Morgan fingerprint density at radius 2 is 2.25 bits per heavy atom. The van der Waals surface area contributed by atoms with Crippen LogP contribution in [0.5, 0.6) is 0 Å². The molecule has 0 bridgehead atoms. The van der Waals surface area contributed by atoms with E-state index < -0.39 is 0 Å². The second kappa shape index (κ2) is 4.80. The Hall–Kier alpha value is -1.82. The summed E-state index contributed by atoms with van der Waals surface area (Å²) in [7, 11) is 0. The second-order valence-electron chi connectivity index (χ2n) is 3.78. The van der Waals surface area contributed by atoms with Gasteiger partial charge in [-0.1, -0.05) is 19.1 Å². The smallest absolute Gasteiger partial charge is 0.195 e. The van der Waals surface area contributed by atoms with Crippen molar-refractivity contribution in [2.45, 2.75) is 32.6 Å². The standard InChI is InChI=1S/C13H14N2O/c1-2-5-12-15-11-8-3-6-10(7-4-9-14)13(11)16-12/h3,6,8H,2,4-5,7H2,1H3. The fourth-order valence-electron chi connectivity index (χ4n) is 1.76. The fourth-order valence-corrected chi connectivity index (χ4v) is 1.76. The first-order valence-corrected chi connectivity index (χ1v) is 5.59. The lowest BCUT2D eigenvalue weighted by Crippen LogP contribution is -1.83. The number of hydrogen-bond donors (Lipinski definition) is 0. The number of oxazole rings is 1. The number of rotatable bonds is 4. The summed E-state index contributed by atoms with van der Waals surface area (Å²) in [6.45, 7) is 2.10. The maximum Gasteiger partial charge on any atom is 0.195 e. The highest BCUT2D eigenvalue weighted by atomic mass is 16.3. The van der Waals surface area contributed by atoms with E-state index in [-0.39, 0.29) is 0 Å². The normalized spacial score (nSPS) is 10.5. The second-order valence-corrected chi connectivity index (χ2v) is 3.78. The predicted molar refractivity (Wildman–Crippen MR) is 61.9 cm³/mol. The van der Waals surface area contributed by atoms with Crippen molar-refractivity contribution in [2.75, 3.05) is 0 Å². The molecule has 0 unspecified atom stereocenters. The van der Waals surface area contributed by atoms with E-state index in [1.165, 1.54) is 0 Å². The molecule has 1 aromatic heterocycles. The lowest BCUT2D eigenvalue weighted by atomic mass is 10.1. The number of aryl methyl sites for hydroxylation is 2. The van der Waals surface area contributed by atoms with Gasteiger partial charge in [-0.05, 0) is 24.5 Å². The molecule has 0 N–H and O–H groups in total. The van der Waals surface area contributed by atoms with Crippen LogP contribution >= 0.6 is 0 Å². The van der Waals surface area contributed by atoms with Crippen molar-refractivity contribution in [3.63, 3.8) is 0 Å². The topological polar surface area (TPSA) is 49.8 Å². The van der Waals surface area contributed by atoms with Gasteiger partial charge < -0.3 is 4.42 Å². The molecule has 0 aliphatic carbocycles. The van der Waals surface area contributed by atoms with Crippen LogP contribution < -0.4 is 0 Å². The van der Waals surface area contributed by atoms with E-state index in [1.807, 2.05) is 18.2 Å². The van der Waals surface area contributed by atoms with Gasteiger partial charge >= 0.3 is 0 Å². The third kappa shape index (κ3) is 2.06. The SMILES string of the molecule is CCCc1nc2cccc(CCC#N)c2o1. The number of aromatic nitrogens is 1. The molecule has 0 radical (unpaired) electrons. The Bertz CT molecular complexity index is 522. The van der Waals surface area contributed by atoms with Gasteiger partial charge in [0.15, 0.2) is 11.5 Å². The summed E-state index contributed by atoms with van der Waals surface area (Å²) < 4.78 is 5.72. The van der Waals surface area contributed by atoms with Crippen LogP contribution in [-0.2, 0) is 12.8 Å². The summed E-state index contributed by atoms with van der Waals surface area (Å²) in [5.74, 6) is 0.793. The van der Waals surface area contributed by atoms with Gasteiger partial charge in [-0.25, -0.2) is 4.98 Å². The molecule has 0 aliphatic heterocycles. The Labute approximate surface area is 94.7 Å². The average molecular weight is 214 g/mol. The summed E-state index contributed by atoms with van der Waals surface area (Å²) in [6, 6.07) is 8.07. The van der Waals surface area contributed by atoms with Crippen molar-refractivity contribution in [1.29, 1.82) is 5.26 Å². The van der Waals surface area contributed by atoms with Crippen molar-refractivity contribution in [3.05, 3.63) is 29.7 Å². The number of hydrogen-bond acceptors (Lipinski definition) is 3. The third-order valence-corrected chi connectivity index (χ3v) is 2.51. The number of nitrogens with zero attached hydrogens (tertiary/aromatic N) is 2. The molecule has 16 heavy (non-hydrogen) atoms. The summed E-state index contributed by atoms with van der Waals surface area (Å²) in [5, 5.41) is 8.59. The van der Waals surface area contributed by atoms with E-state index in [9.17, 15) is 0 Å². The molecule has 2 rings (SSSR count). The first-order chi connectivity index (χ1) is 7.85. The minimum Gasteiger partial charge on any atom is -0.440 e. The molecule has 1 aromatic carbocycles. The highest BCUT2D eigenvalue weighted by Gasteiger charge is 2.08. The highest BCUT2D eigenvalue weighted by Crippen LogP contribution is 2.21. The van der Waals surface area contributed by atoms with Crippen molar-refractivity contribution >= 4 is 11.1 Å². The van der Waals surface area contributed by atoms with Gasteiger partial charge in [0.25, 0.3) is 0 Å². The highest BCUT2D eigenvalue weighted by molar-refractivity contribution is 5.76. The van der Waals surface area contributed by atoms with Gasteiger partial charge in [0.05, 0.1) is 6.07 Å². The molecule has 82 valence electrons. The summed E-state index contributed by atoms with van der Waals surface area (Å²) >= 11 is 0. The van der Waals surface area contributed by atoms with Crippen molar-refractivity contribution in [3.8, 4) is 6.07 Å². The van der Waals surface area contributed by atoms with Gasteiger partial charge in [-0.15, -0.1) is 0 Å².